The number of halogens is 2. The van der Waals surface area contributed by atoms with Gasteiger partial charge >= 0.3 is 5.69 Å². The highest BCUT2D eigenvalue weighted by Gasteiger charge is 2.14. The van der Waals surface area contributed by atoms with E-state index in [1.54, 1.807) is 12.1 Å². The predicted octanol–water partition coefficient (Wildman–Crippen LogP) is 1.51. The van der Waals surface area contributed by atoms with Crippen molar-refractivity contribution in [3.8, 4) is 6.07 Å². The molecule has 0 fully saturated rings. The first kappa shape index (κ1) is 17.0. The van der Waals surface area contributed by atoms with E-state index < -0.39 is 11.2 Å². The van der Waals surface area contributed by atoms with Crippen molar-refractivity contribution in [2.75, 3.05) is 11.9 Å². The number of benzene rings is 1. The van der Waals surface area contributed by atoms with E-state index in [-0.39, 0.29) is 17.2 Å². The van der Waals surface area contributed by atoms with Crippen LogP contribution in [-0.2, 0) is 20.5 Å². The molecule has 1 heterocycles. The molecule has 23 heavy (non-hydrogen) atoms. The van der Waals surface area contributed by atoms with Crippen LogP contribution >= 0.6 is 15.9 Å². The van der Waals surface area contributed by atoms with Crippen molar-refractivity contribution in [1.82, 2.24) is 9.13 Å². The van der Waals surface area contributed by atoms with Gasteiger partial charge in [-0.15, -0.1) is 0 Å². The summed E-state index contributed by atoms with van der Waals surface area (Å²) < 4.78 is 15.7. The zero-order valence-electron chi connectivity index (χ0n) is 12.6. The fourth-order valence-corrected chi connectivity index (χ4v) is 2.60. The number of anilines is 1. The summed E-state index contributed by atoms with van der Waals surface area (Å²) in [6.45, 7) is 0.382. The van der Waals surface area contributed by atoms with E-state index in [0.717, 1.165) is 10.1 Å². The maximum Gasteiger partial charge on any atom is 0.332 e. The molecular weight excluding hydrogens is 367 g/mol. The summed E-state index contributed by atoms with van der Waals surface area (Å²) >= 11 is 3.12. The van der Waals surface area contributed by atoms with Crippen LogP contribution in [0.1, 0.15) is 11.1 Å². The van der Waals surface area contributed by atoms with Crippen LogP contribution in [0.4, 0.5) is 10.2 Å². The standard InChI is InChI=1S/C15H14BrFN4O2/c1-20-13(10(8-18)14(22)21(2)15(20)23)19-6-5-9-3-4-12(17)11(16)7-9/h3-4,7,19H,5-6H2,1-2H3. The Balaban J connectivity index is 2.24. The first-order chi connectivity index (χ1) is 10.9. The van der Waals surface area contributed by atoms with E-state index in [1.165, 1.54) is 24.7 Å². The van der Waals surface area contributed by atoms with Gasteiger partial charge in [0.15, 0.2) is 5.56 Å². The number of aromatic nitrogens is 2. The Morgan fingerprint density at radius 2 is 2.00 bits per heavy atom. The van der Waals surface area contributed by atoms with E-state index in [1.807, 2.05) is 6.07 Å². The monoisotopic (exact) mass is 380 g/mol. The van der Waals surface area contributed by atoms with E-state index in [0.29, 0.717) is 17.4 Å². The summed E-state index contributed by atoms with van der Waals surface area (Å²) in [5.41, 5.74) is -0.392. The summed E-state index contributed by atoms with van der Waals surface area (Å²) in [4.78, 5) is 23.9. The Morgan fingerprint density at radius 1 is 1.30 bits per heavy atom. The number of nitrogens with one attached hydrogen (secondary N) is 1. The van der Waals surface area contributed by atoms with Crippen LogP contribution in [-0.4, -0.2) is 15.7 Å². The summed E-state index contributed by atoms with van der Waals surface area (Å²) in [5.74, 6) is -0.163. The van der Waals surface area contributed by atoms with Gasteiger partial charge in [0, 0.05) is 20.6 Å². The molecule has 0 aliphatic rings. The minimum Gasteiger partial charge on any atom is -0.370 e. The Hall–Kier alpha value is -2.40. The predicted molar refractivity (Wildman–Crippen MR) is 87.9 cm³/mol. The van der Waals surface area contributed by atoms with Crippen molar-refractivity contribution in [1.29, 1.82) is 5.26 Å². The number of hydrogen-bond donors (Lipinski definition) is 1. The third-order valence-corrected chi connectivity index (χ3v) is 4.07. The summed E-state index contributed by atoms with van der Waals surface area (Å²) in [6.07, 6.45) is 0.535. The highest BCUT2D eigenvalue weighted by molar-refractivity contribution is 9.10. The quantitative estimate of drug-likeness (QED) is 0.871. The zero-order chi connectivity index (χ0) is 17.1. The zero-order valence-corrected chi connectivity index (χ0v) is 14.1. The molecule has 2 rings (SSSR count). The Bertz CT molecular complexity index is 911. The molecule has 0 atom stereocenters. The molecule has 2 aromatic rings. The van der Waals surface area contributed by atoms with Crippen molar-refractivity contribution >= 4 is 21.7 Å². The normalized spacial score (nSPS) is 10.4. The first-order valence-corrected chi connectivity index (χ1v) is 7.54. The van der Waals surface area contributed by atoms with Gasteiger partial charge in [-0.25, -0.2) is 9.18 Å². The molecule has 0 saturated heterocycles. The van der Waals surface area contributed by atoms with Gasteiger partial charge in [-0.2, -0.15) is 5.26 Å². The minimum atomic E-state index is -0.636. The molecule has 0 aliphatic heterocycles. The highest BCUT2D eigenvalue weighted by Crippen LogP contribution is 2.17. The minimum absolute atomic E-state index is 0.116. The molecule has 0 saturated carbocycles. The Kier molecular flexibility index (Phi) is 5.01. The molecule has 120 valence electrons. The van der Waals surface area contributed by atoms with Crippen molar-refractivity contribution in [3.05, 3.63) is 60.5 Å². The number of nitriles is 1. The Labute approximate surface area is 139 Å². The maximum absolute atomic E-state index is 13.2. The highest BCUT2D eigenvalue weighted by atomic mass is 79.9. The van der Waals surface area contributed by atoms with Gasteiger partial charge in [0.2, 0.25) is 0 Å². The lowest BCUT2D eigenvalue weighted by atomic mass is 10.1. The third-order valence-electron chi connectivity index (χ3n) is 3.47. The van der Waals surface area contributed by atoms with Crippen LogP contribution in [0, 0.1) is 17.1 Å². The van der Waals surface area contributed by atoms with Gasteiger partial charge < -0.3 is 5.32 Å². The SMILES string of the molecule is Cn1c(NCCc2ccc(F)c(Br)c2)c(C#N)c(=O)n(C)c1=O. The lowest BCUT2D eigenvalue weighted by Gasteiger charge is -2.13. The van der Waals surface area contributed by atoms with Gasteiger partial charge in [0.05, 0.1) is 4.47 Å². The van der Waals surface area contributed by atoms with E-state index in [2.05, 4.69) is 21.2 Å². The second-order valence-electron chi connectivity index (χ2n) is 4.97. The fraction of sp³-hybridized carbons (Fsp3) is 0.267. The topological polar surface area (TPSA) is 79.8 Å². The second kappa shape index (κ2) is 6.79. The third kappa shape index (κ3) is 3.35. The Morgan fingerprint density at radius 3 is 2.61 bits per heavy atom. The van der Waals surface area contributed by atoms with Crippen molar-refractivity contribution < 1.29 is 4.39 Å². The van der Waals surface area contributed by atoms with Crippen molar-refractivity contribution in [2.45, 2.75) is 6.42 Å². The summed E-state index contributed by atoms with van der Waals surface area (Å²) in [5, 5.41) is 12.1. The molecule has 0 bridgehead atoms. The van der Waals surface area contributed by atoms with Crippen LogP contribution in [0.3, 0.4) is 0 Å². The first-order valence-electron chi connectivity index (χ1n) is 6.74. The molecule has 0 aliphatic carbocycles. The van der Waals surface area contributed by atoms with Crippen LogP contribution in [0.2, 0.25) is 0 Å². The summed E-state index contributed by atoms with van der Waals surface area (Å²) in [6, 6.07) is 6.49. The molecule has 0 spiro atoms. The van der Waals surface area contributed by atoms with Crippen LogP contribution in [0.25, 0.3) is 0 Å². The molecule has 0 amide bonds. The van der Waals surface area contributed by atoms with Crippen molar-refractivity contribution in [3.63, 3.8) is 0 Å². The molecule has 0 unspecified atom stereocenters. The second-order valence-corrected chi connectivity index (χ2v) is 5.82. The van der Waals surface area contributed by atoms with Gasteiger partial charge in [-0.05, 0) is 40.0 Å². The molecule has 1 aromatic carbocycles. The molecule has 6 nitrogen and oxygen atoms in total. The molecule has 1 aromatic heterocycles. The van der Waals surface area contributed by atoms with E-state index in [9.17, 15) is 14.0 Å². The molecule has 1 N–H and O–H groups in total. The largest absolute Gasteiger partial charge is 0.370 e. The summed E-state index contributed by atoms with van der Waals surface area (Å²) in [7, 11) is 2.81. The molecular formula is C15H14BrFN4O2. The lowest BCUT2D eigenvalue weighted by molar-refractivity contribution is 0.620. The number of rotatable bonds is 4. The average molecular weight is 381 g/mol. The van der Waals surface area contributed by atoms with E-state index >= 15 is 0 Å². The average Bonchev–Trinajstić information content (AvgIpc) is 2.53. The smallest absolute Gasteiger partial charge is 0.332 e. The van der Waals surface area contributed by atoms with Gasteiger partial charge in [-0.3, -0.25) is 13.9 Å². The van der Waals surface area contributed by atoms with Gasteiger partial charge in [0.25, 0.3) is 5.56 Å². The fourth-order valence-electron chi connectivity index (χ4n) is 2.17. The van der Waals surface area contributed by atoms with E-state index in [4.69, 9.17) is 5.26 Å². The number of nitrogens with zero attached hydrogens (tertiary/aromatic N) is 3. The number of hydrogen-bond acceptors (Lipinski definition) is 4. The van der Waals surface area contributed by atoms with Crippen molar-refractivity contribution in [2.24, 2.45) is 14.1 Å². The molecule has 0 radical (unpaired) electrons. The molecule has 8 heteroatoms. The van der Waals surface area contributed by atoms with Crippen LogP contribution in [0.5, 0.6) is 0 Å². The lowest BCUT2D eigenvalue weighted by Crippen LogP contribution is -2.40. The van der Waals surface area contributed by atoms with Gasteiger partial charge in [-0.1, -0.05) is 6.07 Å². The maximum atomic E-state index is 13.2. The van der Waals surface area contributed by atoms with Gasteiger partial charge in [0.1, 0.15) is 17.7 Å². The van der Waals surface area contributed by atoms with Crippen LogP contribution < -0.4 is 16.6 Å². The van der Waals surface area contributed by atoms with Crippen LogP contribution in [0.15, 0.2) is 32.3 Å².